The summed E-state index contributed by atoms with van der Waals surface area (Å²) in [6.07, 6.45) is 8.39. The van der Waals surface area contributed by atoms with Gasteiger partial charge in [-0.2, -0.15) is 0 Å². The predicted octanol–water partition coefficient (Wildman–Crippen LogP) is 5.47. The number of benzene rings is 1. The minimum atomic E-state index is -0.133. The van der Waals surface area contributed by atoms with Crippen molar-refractivity contribution in [3.63, 3.8) is 0 Å². The van der Waals surface area contributed by atoms with Gasteiger partial charge in [0.2, 0.25) is 0 Å². The first-order chi connectivity index (χ1) is 8.14. The number of alkyl halides is 1. The highest BCUT2D eigenvalue weighted by atomic mass is 79.9. The fraction of sp³-hybridized carbons (Fsp3) is 0.333. The van der Waals surface area contributed by atoms with Gasteiger partial charge in [-0.25, -0.2) is 0 Å². The molecule has 17 heavy (non-hydrogen) atoms. The molecule has 0 bridgehead atoms. The summed E-state index contributed by atoms with van der Waals surface area (Å²) in [4.78, 5) is 0. The van der Waals surface area contributed by atoms with Gasteiger partial charge < -0.3 is 0 Å². The number of rotatable bonds is 6. The fourth-order valence-corrected chi connectivity index (χ4v) is 2.56. The third-order valence-electron chi connectivity index (χ3n) is 2.85. The van der Waals surface area contributed by atoms with E-state index in [-0.39, 0.29) is 5.41 Å². The molecule has 0 aliphatic carbocycles. The highest BCUT2D eigenvalue weighted by Gasteiger charge is 2.21. The predicted molar refractivity (Wildman–Crippen MR) is 80.8 cm³/mol. The summed E-state index contributed by atoms with van der Waals surface area (Å²) >= 11 is 9.26. The second kappa shape index (κ2) is 7.03. The molecule has 92 valence electrons. The molecule has 0 fully saturated rings. The molecule has 1 aromatic carbocycles. The van der Waals surface area contributed by atoms with E-state index in [4.69, 9.17) is 11.6 Å². The Balaban J connectivity index is 2.92. The molecule has 1 rings (SSSR count). The van der Waals surface area contributed by atoms with Crippen LogP contribution < -0.4 is 0 Å². The van der Waals surface area contributed by atoms with Crippen LogP contribution in [0.4, 0.5) is 0 Å². The van der Waals surface area contributed by atoms with Crippen molar-refractivity contribution in [1.29, 1.82) is 0 Å². The Hall–Kier alpha value is -0.530. The highest BCUT2D eigenvalue weighted by Crippen LogP contribution is 2.32. The van der Waals surface area contributed by atoms with Crippen LogP contribution in [-0.4, -0.2) is 5.88 Å². The van der Waals surface area contributed by atoms with Crippen molar-refractivity contribution in [1.82, 2.24) is 0 Å². The molecule has 0 N–H and O–H groups in total. The van der Waals surface area contributed by atoms with Gasteiger partial charge in [0.1, 0.15) is 0 Å². The molecule has 0 heterocycles. The number of halogens is 2. The van der Waals surface area contributed by atoms with Gasteiger partial charge >= 0.3 is 0 Å². The minimum Gasteiger partial charge on any atom is -0.127 e. The number of hydrogen-bond donors (Lipinski definition) is 0. The molecular formula is C15H18BrCl. The molecular weight excluding hydrogens is 296 g/mol. The van der Waals surface area contributed by atoms with Crippen molar-refractivity contribution in [2.45, 2.75) is 25.2 Å². The van der Waals surface area contributed by atoms with E-state index in [0.29, 0.717) is 5.88 Å². The van der Waals surface area contributed by atoms with E-state index < -0.39 is 0 Å². The number of hydrogen-bond acceptors (Lipinski definition) is 0. The Morgan fingerprint density at radius 3 is 2.71 bits per heavy atom. The molecule has 2 heteroatoms. The molecule has 0 saturated heterocycles. The number of allylic oxidation sites excluding steroid dienone is 3. The average molecular weight is 314 g/mol. The Morgan fingerprint density at radius 2 is 2.12 bits per heavy atom. The second-order valence-corrected chi connectivity index (χ2v) is 5.43. The van der Waals surface area contributed by atoms with Gasteiger partial charge in [0.05, 0.1) is 0 Å². The smallest absolute Gasteiger partial charge is 0.0292 e. The van der Waals surface area contributed by atoms with Crippen LogP contribution >= 0.6 is 27.5 Å². The lowest BCUT2D eigenvalue weighted by Crippen LogP contribution is -2.15. The minimum absolute atomic E-state index is 0.133. The zero-order chi connectivity index (χ0) is 12.7. The van der Waals surface area contributed by atoms with Crippen LogP contribution in [0, 0.1) is 0 Å². The Kier molecular flexibility index (Phi) is 6.01. The summed E-state index contributed by atoms with van der Waals surface area (Å²) < 4.78 is 1.12. The molecule has 0 spiro atoms. The largest absolute Gasteiger partial charge is 0.127 e. The van der Waals surface area contributed by atoms with Crippen LogP contribution in [0.25, 0.3) is 0 Å². The quantitative estimate of drug-likeness (QED) is 0.371. The third-order valence-corrected chi connectivity index (χ3v) is 3.81. The highest BCUT2D eigenvalue weighted by molar-refractivity contribution is 9.10. The lowest BCUT2D eigenvalue weighted by Gasteiger charge is -2.23. The van der Waals surface area contributed by atoms with Gasteiger partial charge in [0.25, 0.3) is 0 Å². The van der Waals surface area contributed by atoms with Gasteiger partial charge in [-0.05, 0) is 31.4 Å². The maximum absolute atomic E-state index is 5.67. The molecule has 1 atom stereocenters. The first-order valence-electron chi connectivity index (χ1n) is 5.76. The fourth-order valence-electron chi connectivity index (χ4n) is 1.69. The van der Waals surface area contributed by atoms with Crippen molar-refractivity contribution in [2.75, 3.05) is 5.88 Å². The van der Waals surface area contributed by atoms with Crippen LogP contribution in [0.5, 0.6) is 0 Å². The maximum atomic E-state index is 5.67. The molecule has 0 aliphatic heterocycles. The van der Waals surface area contributed by atoms with Crippen molar-refractivity contribution < 1.29 is 0 Å². The van der Waals surface area contributed by atoms with Crippen molar-refractivity contribution >= 4 is 27.5 Å². The Bertz CT molecular complexity index is 398. The molecule has 0 radical (unpaired) electrons. The van der Waals surface area contributed by atoms with Crippen LogP contribution in [-0.2, 0) is 5.41 Å². The molecule has 0 unspecified atom stereocenters. The van der Waals surface area contributed by atoms with E-state index in [1.807, 2.05) is 12.1 Å². The average Bonchev–Trinajstić information content (AvgIpc) is 2.35. The van der Waals surface area contributed by atoms with E-state index in [0.717, 1.165) is 17.3 Å². The topological polar surface area (TPSA) is 0 Å². The molecule has 0 aliphatic rings. The maximum Gasteiger partial charge on any atom is 0.0292 e. The van der Waals surface area contributed by atoms with Crippen molar-refractivity contribution in [3.05, 3.63) is 59.1 Å². The zero-order valence-electron chi connectivity index (χ0n) is 10.1. The first-order valence-corrected chi connectivity index (χ1v) is 7.09. The first kappa shape index (κ1) is 14.5. The summed E-state index contributed by atoms with van der Waals surface area (Å²) in [7, 11) is 0. The van der Waals surface area contributed by atoms with Crippen LogP contribution in [0.1, 0.15) is 25.3 Å². The summed E-state index contributed by atoms with van der Waals surface area (Å²) in [6, 6.07) is 8.25. The monoisotopic (exact) mass is 312 g/mol. The van der Waals surface area contributed by atoms with Crippen molar-refractivity contribution in [2.24, 2.45) is 0 Å². The van der Waals surface area contributed by atoms with E-state index in [9.17, 15) is 0 Å². The van der Waals surface area contributed by atoms with E-state index >= 15 is 0 Å². The van der Waals surface area contributed by atoms with Gasteiger partial charge in [0, 0.05) is 15.8 Å². The van der Waals surface area contributed by atoms with Crippen LogP contribution in [0.2, 0.25) is 0 Å². The molecule has 0 saturated carbocycles. The van der Waals surface area contributed by atoms with Gasteiger partial charge in [-0.15, -0.1) is 18.2 Å². The Labute approximate surface area is 118 Å². The summed E-state index contributed by atoms with van der Waals surface area (Å²) in [5.74, 6) is 0.712. The molecule has 0 nitrogen and oxygen atoms in total. The lowest BCUT2D eigenvalue weighted by molar-refractivity contribution is 0.748. The van der Waals surface area contributed by atoms with Gasteiger partial charge in [-0.1, -0.05) is 52.4 Å². The summed E-state index contributed by atoms with van der Waals surface area (Å²) in [5, 5.41) is 0. The Morgan fingerprint density at radius 1 is 1.41 bits per heavy atom. The normalized spacial score (nSPS) is 14.8. The standard InChI is InChI=1S/C15H18BrCl/c1-3-15(2,11-7-4-8-12-17)13-9-5-6-10-14(13)16/h3,5-7,9-11H,1,4,8,12H2,2H3/b11-7+/t15-/m1/s1. The van der Waals surface area contributed by atoms with E-state index in [1.54, 1.807) is 0 Å². The van der Waals surface area contributed by atoms with Crippen LogP contribution in [0.3, 0.4) is 0 Å². The molecule has 1 aromatic rings. The molecule has 0 amide bonds. The number of unbranched alkanes of at least 4 members (excludes halogenated alkanes) is 1. The van der Waals surface area contributed by atoms with E-state index in [1.165, 1.54) is 5.56 Å². The van der Waals surface area contributed by atoms with Gasteiger partial charge in [0.15, 0.2) is 0 Å². The van der Waals surface area contributed by atoms with E-state index in [2.05, 4.69) is 59.8 Å². The second-order valence-electron chi connectivity index (χ2n) is 4.20. The summed E-state index contributed by atoms with van der Waals surface area (Å²) in [6.45, 7) is 6.11. The zero-order valence-corrected chi connectivity index (χ0v) is 12.5. The van der Waals surface area contributed by atoms with Crippen LogP contribution in [0.15, 0.2) is 53.5 Å². The van der Waals surface area contributed by atoms with Gasteiger partial charge in [-0.3, -0.25) is 0 Å². The molecule has 0 aromatic heterocycles. The lowest BCUT2D eigenvalue weighted by atomic mass is 9.82. The third kappa shape index (κ3) is 4.01. The summed E-state index contributed by atoms with van der Waals surface area (Å²) in [5.41, 5.74) is 1.10. The van der Waals surface area contributed by atoms with Crippen molar-refractivity contribution in [3.8, 4) is 0 Å². The SMILES string of the molecule is C=C[C@](C)(/C=C/CCCCl)c1ccccc1Br.